The second-order valence-corrected chi connectivity index (χ2v) is 8.26. The Morgan fingerprint density at radius 2 is 2.07 bits per heavy atom. The van der Waals surface area contributed by atoms with Gasteiger partial charge in [0, 0.05) is 35.4 Å². The van der Waals surface area contributed by atoms with Crippen molar-refractivity contribution in [3.05, 3.63) is 80.7 Å². The minimum Gasteiger partial charge on any atom is -0.327 e. The van der Waals surface area contributed by atoms with Gasteiger partial charge < -0.3 is 14.8 Å². The van der Waals surface area contributed by atoms with Crippen LogP contribution >= 0.6 is 22.9 Å². The van der Waals surface area contributed by atoms with Gasteiger partial charge in [-0.25, -0.2) is 4.98 Å². The van der Waals surface area contributed by atoms with Gasteiger partial charge in [-0.15, -0.1) is 11.3 Å². The van der Waals surface area contributed by atoms with Gasteiger partial charge in [0.1, 0.15) is 6.04 Å². The molecule has 0 aliphatic carbocycles. The topological polar surface area (TPSA) is 84.3 Å². The molecule has 0 saturated carbocycles. The molecule has 1 unspecified atom stereocenters. The number of carbonyl (C=O) groups excluding carboxylic acids is 2. The van der Waals surface area contributed by atoms with Crippen LogP contribution in [0.2, 0.25) is 5.02 Å². The molecule has 2 amide bonds. The maximum Gasteiger partial charge on any atom is 0.256 e. The van der Waals surface area contributed by atoms with E-state index in [0.717, 1.165) is 12.0 Å². The van der Waals surface area contributed by atoms with Crippen LogP contribution in [0.1, 0.15) is 28.8 Å². The van der Waals surface area contributed by atoms with E-state index in [1.807, 2.05) is 18.2 Å². The molecule has 1 atom stereocenters. The van der Waals surface area contributed by atoms with Crippen LogP contribution in [0.25, 0.3) is 0 Å². The third-order valence-electron chi connectivity index (χ3n) is 5.01. The Morgan fingerprint density at radius 3 is 2.83 bits per heavy atom. The Kier molecular flexibility index (Phi) is 5.96. The standard InChI is InChI=1S/C21H19ClN4O3S/c22-16-5-2-1-4-14(16)12-25-13-15(7-8-18(25)27)20(29)26-10-3-6-17(26)19(28)24-21-23-9-11-30-21/h1-2,4-5,7-9,11,13,17H,3,6,10,12H2,(H,23,24,28). The van der Waals surface area contributed by atoms with Crippen LogP contribution < -0.4 is 10.9 Å². The van der Waals surface area contributed by atoms with Crippen LogP contribution in [0.3, 0.4) is 0 Å². The van der Waals surface area contributed by atoms with Gasteiger partial charge in [-0.05, 0) is 30.5 Å². The molecule has 0 spiro atoms. The Hall–Kier alpha value is -2.97. The zero-order valence-electron chi connectivity index (χ0n) is 16.0. The van der Waals surface area contributed by atoms with E-state index in [4.69, 9.17) is 11.6 Å². The third-order valence-corrected chi connectivity index (χ3v) is 6.06. The number of halogens is 1. The number of carbonyl (C=O) groups is 2. The number of hydrogen-bond donors (Lipinski definition) is 1. The van der Waals surface area contributed by atoms with E-state index >= 15 is 0 Å². The smallest absolute Gasteiger partial charge is 0.256 e. The molecule has 1 N–H and O–H groups in total. The Bertz CT molecular complexity index is 1130. The Morgan fingerprint density at radius 1 is 1.23 bits per heavy atom. The van der Waals surface area contributed by atoms with Crippen LogP contribution in [0, 0.1) is 0 Å². The van der Waals surface area contributed by atoms with Crippen molar-refractivity contribution in [3.63, 3.8) is 0 Å². The molecule has 0 bridgehead atoms. The van der Waals surface area contributed by atoms with Crippen molar-refractivity contribution in [1.82, 2.24) is 14.5 Å². The van der Waals surface area contributed by atoms with Gasteiger partial charge in [-0.3, -0.25) is 14.4 Å². The molecule has 4 rings (SSSR count). The number of nitrogens with zero attached hydrogens (tertiary/aromatic N) is 3. The van der Waals surface area contributed by atoms with Gasteiger partial charge in [0.2, 0.25) is 5.91 Å². The summed E-state index contributed by atoms with van der Waals surface area (Å²) in [5, 5.41) is 5.60. The fourth-order valence-electron chi connectivity index (χ4n) is 3.51. The third kappa shape index (κ3) is 4.29. The number of nitrogens with one attached hydrogen (secondary N) is 1. The largest absolute Gasteiger partial charge is 0.327 e. The summed E-state index contributed by atoms with van der Waals surface area (Å²) in [7, 11) is 0. The molecule has 154 valence electrons. The second kappa shape index (κ2) is 8.81. The van der Waals surface area contributed by atoms with Crippen LogP contribution in [0.5, 0.6) is 0 Å². The number of rotatable bonds is 5. The number of pyridine rings is 1. The first-order valence-corrected chi connectivity index (χ1v) is 10.7. The number of anilines is 1. The summed E-state index contributed by atoms with van der Waals surface area (Å²) in [4.78, 5) is 43.7. The summed E-state index contributed by atoms with van der Waals surface area (Å²) in [6.07, 6.45) is 4.46. The maximum absolute atomic E-state index is 13.1. The number of aromatic nitrogens is 2. The van der Waals surface area contributed by atoms with Crippen molar-refractivity contribution in [1.29, 1.82) is 0 Å². The molecule has 30 heavy (non-hydrogen) atoms. The normalized spacial score (nSPS) is 15.9. The predicted molar refractivity (Wildman–Crippen MR) is 116 cm³/mol. The summed E-state index contributed by atoms with van der Waals surface area (Å²) < 4.78 is 1.45. The van der Waals surface area contributed by atoms with Crippen molar-refractivity contribution in [3.8, 4) is 0 Å². The van der Waals surface area contributed by atoms with Crippen LogP contribution in [0.15, 0.2) is 59.0 Å². The first-order valence-electron chi connectivity index (χ1n) is 9.48. The molecule has 1 aliphatic heterocycles. The van der Waals surface area contributed by atoms with E-state index in [0.29, 0.717) is 28.7 Å². The maximum atomic E-state index is 13.1. The molecule has 2 aromatic heterocycles. The number of likely N-dealkylation sites (tertiary alicyclic amines) is 1. The lowest BCUT2D eigenvalue weighted by Crippen LogP contribution is -2.43. The molecule has 1 aromatic carbocycles. The van der Waals surface area contributed by atoms with Gasteiger partial charge in [0.15, 0.2) is 5.13 Å². The Labute approximate surface area is 181 Å². The summed E-state index contributed by atoms with van der Waals surface area (Å²) in [5.74, 6) is -0.528. The van der Waals surface area contributed by atoms with Gasteiger partial charge in [0.25, 0.3) is 11.5 Å². The summed E-state index contributed by atoms with van der Waals surface area (Å²) in [6, 6.07) is 9.56. The summed E-state index contributed by atoms with van der Waals surface area (Å²) >= 11 is 7.53. The van der Waals surface area contributed by atoms with E-state index in [2.05, 4.69) is 10.3 Å². The highest BCUT2D eigenvalue weighted by atomic mass is 35.5. The average Bonchev–Trinajstić information content (AvgIpc) is 3.42. The number of hydrogen-bond acceptors (Lipinski definition) is 5. The van der Waals surface area contributed by atoms with E-state index < -0.39 is 6.04 Å². The average molecular weight is 443 g/mol. The minimum atomic E-state index is -0.564. The minimum absolute atomic E-state index is 0.231. The molecular formula is C21H19ClN4O3S. The van der Waals surface area contributed by atoms with Gasteiger partial charge >= 0.3 is 0 Å². The van der Waals surface area contributed by atoms with Crippen molar-refractivity contribution < 1.29 is 9.59 Å². The highest BCUT2D eigenvalue weighted by Crippen LogP contribution is 2.22. The SMILES string of the molecule is O=C(Nc1nccs1)C1CCCN1C(=O)c1ccc(=O)n(Cc2ccccc2Cl)c1. The van der Waals surface area contributed by atoms with Crippen molar-refractivity contribution in [2.24, 2.45) is 0 Å². The zero-order chi connectivity index (χ0) is 21.1. The lowest BCUT2D eigenvalue weighted by Gasteiger charge is -2.24. The lowest BCUT2D eigenvalue weighted by atomic mass is 10.1. The monoisotopic (exact) mass is 442 g/mol. The van der Waals surface area contributed by atoms with E-state index in [1.54, 1.807) is 22.5 Å². The number of benzene rings is 1. The number of amides is 2. The van der Waals surface area contributed by atoms with E-state index in [1.165, 1.54) is 34.2 Å². The lowest BCUT2D eigenvalue weighted by molar-refractivity contribution is -0.119. The first-order chi connectivity index (χ1) is 14.5. The second-order valence-electron chi connectivity index (χ2n) is 6.96. The first kappa shape index (κ1) is 20.3. The van der Waals surface area contributed by atoms with Crippen LogP contribution in [0.4, 0.5) is 5.13 Å². The Balaban J connectivity index is 1.54. The highest BCUT2D eigenvalue weighted by Gasteiger charge is 2.35. The van der Waals surface area contributed by atoms with Gasteiger partial charge in [-0.1, -0.05) is 29.8 Å². The summed E-state index contributed by atoms with van der Waals surface area (Å²) in [5.41, 5.74) is 0.911. The molecule has 3 heterocycles. The van der Waals surface area contributed by atoms with Crippen molar-refractivity contribution in [2.45, 2.75) is 25.4 Å². The van der Waals surface area contributed by atoms with E-state index in [-0.39, 0.29) is 23.9 Å². The molecule has 1 saturated heterocycles. The van der Waals surface area contributed by atoms with Crippen LogP contribution in [-0.4, -0.2) is 38.9 Å². The molecular weight excluding hydrogens is 424 g/mol. The summed E-state index contributed by atoms with van der Waals surface area (Å²) in [6.45, 7) is 0.742. The number of thiazole rings is 1. The molecule has 9 heteroatoms. The van der Waals surface area contributed by atoms with Crippen molar-refractivity contribution in [2.75, 3.05) is 11.9 Å². The molecule has 0 radical (unpaired) electrons. The van der Waals surface area contributed by atoms with Crippen LogP contribution in [-0.2, 0) is 11.3 Å². The van der Waals surface area contributed by atoms with Gasteiger partial charge in [0.05, 0.1) is 12.1 Å². The quantitative estimate of drug-likeness (QED) is 0.657. The highest BCUT2D eigenvalue weighted by molar-refractivity contribution is 7.13. The van der Waals surface area contributed by atoms with Crippen molar-refractivity contribution >= 4 is 39.9 Å². The predicted octanol–water partition coefficient (Wildman–Crippen LogP) is 3.25. The fraction of sp³-hybridized carbons (Fsp3) is 0.238. The zero-order valence-corrected chi connectivity index (χ0v) is 17.5. The molecule has 3 aromatic rings. The van der Waals surface area contributed by atoms with Gasteiger partial charge in [-0.2, -0.15) is 0 Å². The van der Waals surface area contributed by atoms with E-state index in [9.17, 15) is 14.4 Å². The molecule has 1 fully saturated rings. The molecule has 7 nitrogen and oxygen atoms in total. The fourth-order valence-corrected chi connectivity index (χ4v) is 4.24. The molecule has 1 aliphatic rings.